The van der Waals surface area contributed by atoms with E-state index in [4.69, 9.17) is 23.2 Å². The summed E-state index contributed by atoms with van der Waals surface area (Å²) in [5, 5.41) is 4.92. The molecule has 0 aliphatic rings. The molecular weight excluding hydrogens is 299 g/mol. The van der Waals surface area contributed by atoms with Gasteiger partial charge in [0.15, 0.2) is 0 Å². The van der Waals surface area contributed by atoms with Gasteiger partial charge in [-0.1, -0.05) is 29.3 Å². The molecule has 0 radical (unpaired) electrons. The first kappa shape index (κ1) is 14.6. The van der Waals surface area contributed by atoms with E-state index in [-0.39, 0.29) is 11.5 Å². The zero-order valence-corrected chi connectivity index (χ0v) is 12.4. The predicted octanol–water partition coefficient (Wildman–Crippen LogP) is 3.14. The Morgan fingerprint density at radius 1 is 1.30 bits per heavy atom. The Balaban J connectivity index is 2.14. The van der Waals surface area contributed by atoms with Gasteiger partial charge in [-0.2, -0.15) is 5.10 Å². The van der Waals surface area contributed by atoms with Crippen LogP contribution in [0.4, 0.5) is 5.95 Å². The number of hydrogen-bond donors (Lipinski definition) is 2. The number of nitrogens with zero attached hydrogens (tertiary/aromatic N) is 2. The second-order valence-corrected chi connectivity index (χ2v) is 4.98. The highest BCUT2D eigenvalue weighted by Crippen LogP contribution is 2.21. The van der Waals surface area contributed by atoms with E-state index in [9.17, 15) is 4.79 Å². The minimum atomic E-state index is -0.190. The zero-order valence-electron chi connectivity index (χ0n) is 10.9. The van der Waals surface area contributed by atoms with Gasteiger partial charge in [0.1, 0.15) is 0 Å². The van der Waals surface area contributed by atoms with Crippen molar-refractivity contribution in [3.8, 4) is 0 Å². The van der Waals surface area contributed by atoms with Gasteiger partial charge in [-0.05, 0) is 31.5 Å². The number of halogens is 2. The standard InChI is InChI=1S/C13H12Cl2N4O/c1-7-8(2)17-13(18-12(7)20)19-16-6-9-3-4-10(14)11(15)5-9/h3-6H,1-2H3,(H2,17,18,19,20)/b16-6+. The molecule has 0 bridgehead atoms. The molecule has 0 fully saturated rings. The van der Waals surface area contributed by atoms with Crippen LogP contribution in [0.2, 0.25) is 10.0 Å². The number of benzene rings is 1. The Kier molecular flexibility index (Phi) is 4.42. The monoisotopic (exact) mass is 310 g/mol. The predicted molar refractivity (Wildman–Crippen MR) is 82.0 cm³/mol. The molecule has 2 rings (SSSR count). The smallest absolute Gasteiger partial charge is 0.255 e. The molecule has 2 aromatic rings. The summed E-state index contributed by atoms with van der Waals surface area (Å²) in [4.78, 5) is 18.3. The van der Waals surface area contributed by atoms with Crippen molar-refractivity contribution in [2.45, 2.75) is 13.8 Å². The van der Waals surface area contributed by atoms with Crippen molar-refractivity contribution in [1.82, 2.24) is 9.97 Å². The second kappa shape index (κ2) is 6.07. The van der Waals surface area contributed by atoms with Crippen LogP contribution in [-0.4, -0.2) is 16.2 Å². The van der Waals surface area contributed by atoms with Gasteiger partial charge in [-0.3, -0.25) is 9.78 Å². The Labute approximate surface area is 125 Å². The van der Waals surface area contributed by atoms with Crippen LogP contribution in [0, 0.1) is 13.8 Å². The molecular formula is C13H12Cl2N4O. The van der Waals surface area contributed by atoms with Crippen molar-refractivity contribution < 1.29 is 0 Å². The third kappa shape index (κ3) is 3.37. The molecule has 0 spiro atoms. The van der Waals surface area contributed by atoms with Crippen molar-refractivity contribution >= 4 is 35.4 Å². The zero-order chi connectivity index (χ0) is 14.7. The molecule has 0 saturated carbocycles. The van der Waals surface area contributed by atoms with Crippen LogP contribution in [0.3, 0.4) is 0 Å². The van der Waals surface area contributed by atoms with Crippen LogP contribution in [-0.2, 0) is 0 Å². The van der Waals surface area contributed by atoms with E-state index in [0.29, 0.717) is 21.3 Å². The van der Waals surface area contributed by atoms with Crippen molar-refractivity contribution in [2.24, 2.45) is 5.10 Å². The largest absolute Gasteiger partial charge is 0.291 e. The lowest BCUT2D eigenvalue weighted by Gasteiger charge is -2.02. The van der Waals surface area contributed by atoms with E-state index in [1.807, 2.05) is 0 Å². The average Bonchev–Trinajstić information content (AvgIpc) is 2.40. The minimum absolute atomic E-state index is 0.190. The SMILES string of the molecule is Cc1nc(N/N=C/c2ccc(Cl)c(Cl)c2)[nH]c(=O)c1C. The van der Waals surface area contributed by atoms with Gasteiger partial charge >= 0.3 is 0 Å². The summed E-state index contributed by atoms with van der Waals surface area (Å²) < 4.78 is 0. The van der Waals surface area contributed by atoms with Crippen molar-refractivity contribution in [3.63, 3.8) is 0 Å². The molecule has 2 N–H and O–H groups in total. The molecule has 1 aromatic heterocycles. The van der Waals surface area contributed by atoms with E-state index in [1.165, 1.54) is 0 Å². The Bertz CT molecular complexity index is 725. The van der Waals surface area contributed by atoms with Gasteiger partial charge in [0.05, 0.1) is 16.3 Å². The molecule has 0 aliphatic heterocycles. The van der Waals surface area contributed by atoms with Crippen molar-refractivity contribution in [3.05, 3.63) is 55.4 Å². The van der Waals surface area contributed by atoms with Crippen LogP contribution in [0.5, 0.6) is 0 Å². The molecule has 104 valence electrons. The van der Waals surface area contributed by atoms with Gasteiger partial charge in [-0.25, -0.2) is 10.4 Å². The number of nitrogens with one attached hydrogen (secondary N) is 2. The first-order valence-electron chi connectivity index (χ1n) is 5.79. The fraction of sp³-hybridized carbons (Fsp3) is 0.154. The summed E-state index contributed by atoms with van der Waals surface area (Å²) in [6.45, 7) is 3.47. The van der Waals surface area contributed by atoms with Gasteiger partial charge in [0, 0.05) is 11.3 Å². The normalized spacial score (nSPS) is 11.0. The number of aromatic nitrogens is 2. The first-order chi connectivity index (χ1) is 9.47. The van der Waals surface area contributed by atoms with Crippen LogP contribution in [0.25, 0.3) is 0 Å². The molecule has 1 aromatic carbocycles. The quantitative estimate of drug-likeness (QED) is 0.676. The maximum Gasteiger partial charge on any atom is 0.255 e. The van der Waals surface area contributed by atoms with Gasteiger partial charge in [0.25, 0.3) is 5.56 Å². The number of aromatic amines is 1. The molecule has 1 heterocycles. The fourth-order valence-electron chi connectivity index (χ4n) is 1.46. The average molecular weight is 311 g/mol. The van der Waals surface area contributed by atoms with E-state index in [1.54, 1.807) is 38.3 Å². The topological polar surface area (TPSA) is 70.1 Å². The molecule has 7 heteroatoms. The van der Waals surface area contributed by atoms with E-state index in [0.717, 1.165) is 5.56 Å². The maximum atomic E-state index is 11.6. The number of hydrogen-bond acceptors (Lipinski definition) is 4. The lowest BCUT2D eigenvalue weighted by molar-refractivity contribution is 1.01. The third-order valence-corrected chi connectivity index (χ3v) is 3.46. The first-order valence-corrected chi connectivity index (χ1v) is 6.54. The van der Waals surface area contributed by atoms with Crippen molar-refractivity contribution in [2.75, 3.05) is 5.43 Å². The Morgan fingerprint density at radius 3 is 2.70 bits per heavy atom. The van der Waals surface area contributed by atoms with E-state index in [2.05, 4.69) is 20.5 Å². The summed E-state index contributed by atoms with van der Waals surface area (Å²) in [5.41, 5.74) is 4.49. The summed E-state index contributed by atoms with van der Waals surface area (Å²) in [6, 6.07) is 5.14. The molecule has 0 aliphatic carbocycles. The van der Waals surface area contributed by atoms with Crippen LogP contribution >= 0.6 is 23.2 Å². The highest BCUT2D eigenvalue weighted by molar-refractivity contribution is 6.42. The van der Waals surface area contributed by atoms with Gasteiger partial charge < -0.3 is 0 Å². The molecule has 0 amide bonds. The lowest BCUT2D eigenvalue weighted by atomic mass is 10.2. The Hall–Kier alpha value is -1.85. The van der Waals surface area contributed by atoms with Crippen LogP contribution < -0.4 is 11.0 Å². The number of anilines is 1. The van der Waals surface area contributed by atoms with Crippen molar-refractivity contribution in [1.29, 1.82) is 0 Å². The Morgan fingerprint density at radius 2 is 2.05 bits per heavy atom. The number of H-pyrrole nitrogens is 1. The molecule has 0 saturated heterocycles. The maximum absolute atomic E-state index is 11.6. The second-order valence-electron chi connectivity index (χ2n) is 4.17. The summed E-state index contributed by atoms with van der Waals surface area (Å²) in [7, 11) is 0. The van der Waals surface area contributed by atoms with Crippen LogP contribution in [0.1, 0.15) is 16.8 Å². The summed E-state index contributed by atoms with van der Waals surface area (Å²) in [6.07, 6.45) is 1.55. The summed E-state index contributed by atoms with van der Waals surface area (Å²) >= 11 is 11.7. The number of aryl methyl sites for hydroxylation is 1. The van der Waals surface area contributed by atoms with Gasteiger partial charge in [-0.15, -0.1) is 0 Å². The highest BCUT2D eigenvalue weighted by Gasteiger charge is 2.02. The molecule has 20 heavy (non-hydrogen) atoms. The summed E-state index contributed by atoms with van der Waals surface area (Å²) in [5.74, 6) is 0.286. The molecule has 0 atom stereocenters. The van der Waals surface area contributed by atoms with Crippen LogP contribution in [0.15, 0.2) is 28.1 Å². The fourth-order valence-corrected chi connectivity index (χ4v) is 1.77. The molecule has 0 unspecified atom stereocenters. The van der Waals surface area contributed by atoms with E-state index >= 15 is 0 Å². The lowest BCUT2D eigenvalue weighted by Crippen LogP contribution is -2.15. The third-order valence-electron chi connectivity index (χ3n) is 2.72. The highest BCUT2D eigenvalue weighted by atomic mass is 35.5. The number of hydrazone groups is 1. The minimum Gasteiger partial charge on any atom is -0.291 e. The van der Waals surface area contributed by atoms with E-state index < -0.39 is 0 Å². The van der Waals surface area contributed by atoms with Gasteiger partial charge in [0.2, 0.25) is 5.95 Å². The molecule has 5 nitrogen and oxygen atoms in total. The number of rotatable bonds is 3.